The van der Waals surface area contributed by atoms with Crippen molar-refractivity contribution in [3.05, 3.63) is 18.5 Å². The predicted octanol–water partition coefficient (Wildman–Crippen LogP) is 2.83. The molecular formula is C15H21N5. The van der Waals surface area contributed by atoms with Crippen LogP contribution in [0.25, 0.3) is 11.5 Å². The van der Waals surface area contributed by atoms with Gasteiger partial charge < -0.3 is 9.88 Å². The Kier molecular flexibility index (Phi) is 2.79. The summed E-state index contributed by atoms with van der Waals surface area (Å²) in [6, 6.07) is 2.71. The molecule has 20 heavy (non-hydrogen) atoms. The van der Waals surface area contributed by atoms with Gasteiger partial charge in [0.25, 0.3) is 0 Å². The molecule has 5 heteroatoms. The van der Waals surface area contributed by atoms with Crippen LogP contribution in [0.3, 0.4) is 0 Å². The van der Waals surface area contributed by atoms with E-state index >= 15 is 0 Å². The highest BCUT2D eigenvalue weighted by atomic mass is 15.4. The van der Waals surface area contributed by atoms with Gasteiger partial charge in [-0.3, -0.25) is 0 Å². The molecule has 1 unspecified atom stereocenters. The zero-order chi connectivity index (χ0) is 13.5. The predicted molar refractivity (Wildman–Crippen MR) is 78.5 cm³/mol. The average Bonchev–Trinajstić information content (AvgIpc) is 3.17. The quantitative estimate of drug-likeness (QED) is 0.913. The maximum Gasteiger partial charge on any atom is 0.160 e. The molecule has 3 heterocycles. The Morgan fingerprint density at radius 2 is 2.10 bits per heavy atom. The molecule has 0 saturated heterocycles. The fourth-order valence-corrected chi connectivity index (χ4v) is 3.75. The van der Waals surface area contributed by atoms with Crippen molar-refractivity contribution < 1.29 is 0 Å². The molecule has 1 N–H and O–H groups in total. The second-order valence-corrected chi connectivity index (χ2v) is 6.05. The summed E-state index contributed by atoms with van der Waals surface area (Å²) in [5.74, 6) is 2.91. The molecule has 106 valence electrons. The van der Waals surface area contributed by atoms with Crippen LogP contribution in [0.1, 0.15) is 38.1 Å². The fraction of sp³-hybridized carbons (Fsp3) is 0.600. The van der Waals surface area contributed by atoms with Crippen LogP contribution in [0, 0.1) is 5.92 Å². The smallest absolute Gasteiger partial charge is 0.160 e. The zero-order valence-corrected chi connectivity index (χ0v) is 11.9. The lowest BCUT2D eigenvalue weighted by atomic mass is 9.94. The minimum atomic E-state index is 0.572. The molecule has 0 spiro atoms. The summed E-state index contributed by atoms with van der Waals surface area (Å²) in [4.78, 5) is 4.41. The van der Waals surface area contributed by atoms with Crippen LogP contribution in [0.4, 0.5) is 5.82 Å². The summed E-state index contributed by atoms with van der Waals surface area (Å²) in [6.45, 7) is 1.06. The van der Waals surface area contributed by atoms with Gasteiger partial charge in [-0.15, -0.1) is 0 Å². The topological polar surface area (TPSA) is 47.7 Å². The number of imidazole rings is 1. The van der Waals surface area contributed by atoms with Gasteiger partial charge in [-0.2, -0.15) is 5.10 Å². The Labute approximate surface area is 119 Å². The van der Waals surface area contributed by atoms with E-state index in [0.717, 1.165) is 29.8 Å². The van der Waals surface area contributed by atoms with Crippen LogP contribution in [0.2, 0.25) is 0 Å². The lowest BCUT2D eigenvalue weighted by molar-refractivity contribution is 0.290. The third kappa shape index (κ3) is 1.84. The summed E-state index contributed by atoms with van der Waals surface area (Å²) in [5.41, 5.74) is 0.977. The minimum absolute atomic E-state index is 0.572. The molecule has 0 radical (unpaired) electrons. The molecular weight excluding hydrogens is 250 g/mol. The molecule has 1 saturated carbocycles. The van der Waals surface area contributed by atoms with E-state index in [1.54, 1.807) is 0 Å². The van der Waals surface area contributed by atoms with E-state index in [9.17, 15) is 0 Å². The van der Waals surface area contributed by atoms with Crippen molar-refractivity contribution in [3.63, 3.8) is 0 Å². The second kappa shape index (κ2) is 4.65. The number of hydrogen-bond donors (Lipinski definition) is 1. The van der Waals surface area contributed by atoms with Crippen molar-refractivity contribution in [2.24, 2.45) is 13.0 Å². The second-order valence-electron chi connectivity index (χ2n) is 6.05. The van der Waals surface area contributed by atoms with Crippen molar-refractivity contribution >= 4 is 5.82 Å². The number of nitrogens with zero attached hydrogens (tertiary/aromatic N) is 4. The van der Waals surface area contributed by atoms with Crippen LogP contribution in [0.5, 0.6) is 0 Å². The maximum atomic E-state index is 4.85. The Bertz CT molecular complexity index is 606. The largest absolute Gasteiger partial charge is 0.370 e. The first-order chi connectivity index (χ1) is 9.83. The molecule has 2 aromatic heterocycles. The van der Waals surface area contributed by atoms with Crippen molar-refractivity contribution in [2.45, 2.75) is 38.1 Å². The van der Waals surface area contributed by atoms with Crippen molar-refractivity contribution in [3.8, 4) is 11.5 Å². The number of aryl methyl sites for hydroxylation is 1. The molecule has 1 atom stereocenters. The van der Waals surface area contributed by atoms with Crippen LogP contribution >= 0.6 is 0 Å². The molecule has 5 nitrogen and oxygen atoms in total. The maximum absolute atomic E-state index is 4.85. The molecule has 2 aliphatic rings. The van der Waals surface area contributed by atoms with Gasteiger partial charge in [-0.05, 0) is 25.2 Å². The Hall–Kier alpha value is -1.78. The van der Waals surface area contributed by atoms with E-state index in [4.69, 9.17) is 5.10 Å². The third-order valence-electron chi connectivity index (χ3n) is 4.79. The average molecular weight is 271 g/mol. The molecule has 2 aromatic rings. The molecule has 0 aromatic carbocycles. The van der Waals surface area contributed by atoms with E-state index in [0.29, 0.717) is 6.04 Å². The SMILES string of the molecule is Cn1ccnc1-c1cc2n(n1)C(C1CCCC1)CCN2. The van der Waals surface area contributed by atoms with Gasteiger partial charge >= 0.3 is 0 Å². The van der Waals surface area contributed by atoms with Gasteiger partial charge in [0.15, 0.2) is 5.82 Å². The van der Waals surface area contributed by atoms with Crippen LogP contribution in [0.15, 0.2) is 18.5 Å². The highest BCUT2D eigenvalue weighted by molar-refractivity contribution is 5.57. The molecule has 1 fully saturated rings. The van der Waals surface area contributed by atoms with Gasteiger partial charge in [0.05, 0.1) is 6.04 Å². The van der Waals surface area contributed by atoms with Crippen LogP contribution < -0.4 is 5.32 Å². The fourth-order valence-electron chi connectivity index (χ4n) is 3.75. The van der Waals surface area contributed by atoms with Crippen molar-refractivity contribution in [2.75, 3.05) is 11.9 Å². The molecule has 1 aliphatic heterocycles. The molecule has 0 amide bonds. The highest BCUT2D eigenvalue weighted by Crippen LogP contribution is 2.39. The van der Waals surface area contributed by atoms with E-state index in [-0.39, 0.29) is 0 Å². The van der Waals surface area contributed by atoms with Crippen LogP contribution in [-0.2, 0) is 7.05 Å². The summed E-state index contributed by atoms with van der Waals surface area (Å²) in [7, 11) is 2.02. The first-order valence-electron chi connectivity index (χ1n) is 7.64. The number of hydrogen-bond acceptors (Lipinski definition) is 3. The normalized spacial score (nSPS) is 22.8. The van der Waals surface area contributed by atoms with E-state index < -0.39 is 0 Å². The van der Waals surface area contributed by atoms with Gasteiger partial charge in [-0.25, -0.2) is 9.67 Å². The Morgan fingerprint density at radius 1 is 1.25 bits per heavy atom. The Morgan fingerprint density at radius 3 is 2.85 bits per heavy atom. The molecule has 0 bridgehead atoms. The zero-order valence-electron chi connectivity index (χ0n) is 11.9. The lowest BCUT2D eigenvalue weighted by Crippen LogP contribution is -2.28. The minimum Gasteiger partial charge on any atom is -0.370 e. The van der Waals surface area contributed by atoms with Crippen molar-refractivity contribution in [1.82, 2.24) is 19.3 Å². The summed E-state index contributed by atoms with van der Waals surface area (Å²) in [5, 5.41) is 8.33. The van der Waals surface area contributed by atoms with Crippen molar-refractivity contribution in [1.29, 1.82) is 0 Å². The lowest BCUT2D eigenvalue weighted by Gasteiger charge is -2.30. The van der Waals surface area contributed by atoms with E-state index in [2.05, 4.69) is 21.0 Å². The number of aromatic nitrogens is 4. The monoisotopic (exact) mass is 271 g/mol. The third-order valence-corrected chi connectivity index (χ3v) is 4.79. The highest BCUT2D eigenvalue weighted by Gasteiger charge is 2.31. The van der Waals surface area contributed by atoms with Gasteiger partial charge in [0.1, 0.15) is 11.5 Å². The summed E-state index contributed by atoms with van der Waals surface area (Å²) >= 11 is 0. The Balaban J connectivity index is 1.71. The summed E-state index contributed by atoms with van der Waals surface area (Å²) < 4.78 is 4.25. The summed E-state index contributed by atoms with van der Waals surface area (Å²) in [6.07, 6.45) is 10.5. The van der Waals surface area contributed by atoms with Gasteiger partial charge in [0, 0.05) is 32.1 Å². The first-order valence-corrected chi connectivity index (χ1v) is 7.64. The van der Waals surface area contributed by atoms with Crippen LogP contribution in [-0.4, -0.2) is 25.9 Å². The first kappa shape index (κ1) is 12.0. The number of nitrogens with one attached hydrogen (secondary N) is 1. The number of fused-ring (bicyclic) bond motifs is 1. The molecule has 4 rings (SSSR count). The van der Waals surface area contributed by atoms with E-state index in [1.165, 1.54) is 32.1 Å². The van der Waals surface area contributed by atoms with Gasteiger partial charge in [-0.1, -0.05) is 12.8 Å². The number of rotatable bonds is 2. The van der Waals surface area contributed by atoms with Gasteiger partial charge in [0.2, 0.25) is 0 Å². The van der Waals surface area contributed by atoms with E-state index in [1.807, 2.05) is 24.0 Å². The molecule has 1 aliphatic carbocycles. The standard InChI is InChI=1S/C15H21N5/c1-19-9-8-17-15(19)12-10-14-16-7-6-13(20(14)18-12)11-4-2-3-5-11/h8-11,13,16H,2-7H2,1H3. The number of anilines is 1.